The average Bonchev–Trinajstić information content (AvgIpc) is 2.45. The maximum absolute atomic E-state index is 14.2. The lowest BCUT2D eigenvalue weighted by Gasteiger charge is -2.31. The van der Waals surface area contributed by atoms with Gasteiger partial charge in [0.1, 0.15) is 11.6 Å². The Hall–Kier alpha value is -1.46. The molecule has 2 aromatic carbocycles. The van der Waals surface area contributed by atoms with Crippen LogP contribution in [-0.4, -0.2) is 11.7 Å². The van der Waals surface area contributed by atoms with Crippen LogP contribution in [0.15, 0.2) is 40.9 Å². The molecule has 0 aromatic heterocycles. The molecule has 0 saturated heterocycles. The van der Waals surface area contributed by atoms with E-state index in [9.17, 15) is 13.9 Å². The Morgan fingerprint density at radius 2 is 1.76 bits per heavy atom. The van der Waals surface area contributed by atoms with E-state index in [1.54, 1.807) is 19.1 Å². The summed E-state index contributed by atoms with van der Waals surface area (Å²) in [6, 6.07) is 9.51. The van der Waals surface area contributed by atoms with Gasteiger partial charge in [-0.25, -0.2) is 8.78 Å². The van der Waals surface area contributed by atoms with Crippen molar-refractivity contribution < 1.29 is 13.9 Å². The van der Waals surface area contributed by atoms with Crippen molar-refractivity contribution in [1.82, 2.24) is 0 Å². The van der Waals surface area contributed by atoms with Gasteiger partial charge >= 0.3 is 0 Å². The molecule has 21 heavy (non-hydrogen) atoms. The number of benzene rings is 2. The molecule has 0 aliphatic heterocycles. The van der Waals surface area contributed by atoms with Crippen LogP contribution in [0.2, 0.25) is 0 Å². The molecule has 0 heterocycles. The molecular formula is C16H16BrF2NO. The Kier molecular flexibility index (Phi) is 4.64. The number of rotatable bonds is 4. The number of hydrogen-bond acceptors (Lipinski definition) is 2. The summed E-state index contributed by atoms with van der Waals surface area (Å²) in [7, 11) is 0. The van der Waals surface area contributed by atoms with E-state index >= 15 is 0 Å². The Balaban J connectivity index is 2.41. The van der Waals surface area contributed by atoms with Crippen molar-refractivity contribution in [1.29, 1.82) is 0 Å². The minimum Gasteiger partial charge on any atom is -0.394 e. The fourth-order valence-corrected chi connectivity index (χ4v) is 2.38. The van der Waals surface area contributed by atoms with Gasteiger partial charge in [0.2, 0.25) is 0 Å². The van der Waals surface area contributed by atoms with Gasteiger partial charge in [-0.3, -0.25) is 0 Å². The van der Waals surface area contributed by atoms with E-state index in [-0.39, 0.29) is 17.7 Å². The third kappa shape index (κ3) is 3.41. The van der Waals surface area contributed by atoms with Crippen LogP contribution in [-0.2, 0) is 5.54 Å². The van der Waals surface area contributed by atoms with Gasteiger partial charge in [-0.15, -0.1) is 0 Å². The number of halogens is 3. The number of nitrogens with one attached hydrogen (secondary N) is 1. The molecule has 112 valence electrons. The van der Waals surface area contributed by atoms with Crippen LogP contribution in [0, 0.1) is 18.6 Å². The van der Waals surface area contributed by atoms with Crippen molar-refractivity contribution in [3.05, 3.63) is 63.6 Å². The summed E-state index contributed by atoms with van der Waals surface area (Å²) in [6.45, 7) is 2.76. The minimum absolute atomic E-state index is 0.0935. The lowest BCUT2D eigenvalue weighted by Crippen LogP contribution is -2.37. The number of aliphatic hydroxyl groups excluding tert-OH is 1. The fourth-order valence-electron chi connectivity index (χ4n) is 2.11. The van der Waals surface area contributed by atoms with Gasteiger partial charge in [0.25, 0.3) is 0 Å². The summed E-state index contributed by atoms with van der Waals surface area (Å²) in [5.74, 6) is -1.04. The van der Waals surface area contributed by atoms with Crippen LogP contribution in [0.1, 0.15) is 18.1 Å². The van der Waals surface area contributed by atoms with Gasteiger partial charge in [-0.05, 0) is 55.8 Å². The van der Waals surface area contributed by atoms with Crippen molar-refractivity contribution in [2.75, 3.05) is 11.9 Å². The summed E-state index contributed by atoms with van der Waals surface area (Å²) in [6.07, 6.45) is 0. The monoisotopic (exact) mass is 355 g/mol. The Morgan fingerprint density at radius 3 is 2.33 bits per heavy atom. The van der Waals surface area contributed by atoms with E-state index in [0.29, 0.717) is 5.69 Å². The Morgan fingerprint density at radius 1 is 1.14 bits per heavy atom. The summed E-state index contributed by atoms with van der Waals surface area (Å²) in [5.41, 5.74) is -0.0850. The van der Waals surface area contributed by atoms with Crippen molar-refractivity contribution >= 4 is 21.6 Å². The van der Waals surface area contributed by atoms with Crippen molar-refractivity contribution in [3.63, 3.8) is 0 Å². The Bertz CT molecular complexity index is 645. The molecule has 5 heteroatoms. The first-order valence-electron chi connectivity index (χ1n) is 6.46. The zero-order chi connectivity index (χ0) is 15.6. The summed E-state index contributed by atoms with van der Waals surface area (Å²) in [4.78, 5) is 0. The highest BCUT2D eigenvalue weighted by molar-refractivity contribution is 9.10. The summed E-state index contributed by atoms with van der Waals surface area (Å²) in [5, 5.41) is 12.7. The first-order valence-corrected chi connectivity index (χ1v) is 7.26. The maximum atomic E-state index is 14.2. The van der Waals surface area contributed by atoms with Gasteiger partial charge in [0, 0.05) is 15.7 Å². The maximum Gasteiger partial charge on any atom is 0.129 e. The van der Waals surface area contributed by atoms with E-state index in [1.165, 1.54) is 6.92 Å². The van der Waals surface area contributed by atoms with Gasteiger partial charge in [0.15, 0.2) is 0 Å². The molecule has 2 rings (SSSR count). The summed E-state index contributed by atoms with van der Waals surface area (Å²) >= 11 is 3.33. The second-order valence-electron chi connectivity index (χ2n) is 5.20. The molecule has 0 saturated carbocycles. The van der Waals surface area contributed by atoms with E-state index < -0.39 is 17.2 Å². The van der Waals surface area contributed by atoms with E-state index in [2.05, 4.69) is 21.2 Å². The molecule has 2 aromatic rings. The van der Waals surface area contributed by atoms with Crippen molar-refractivity contribution in [3.8, 4) is 0 Å². The van der Waals surface area contributed by atoms with Crippen LogP contribution >= 0.6 is 15.9 Å². The first-order chi connectivity index (χ1) is 9.85. The third-order valence-electron chi connectivity index (χ3n) is 3.42. The van der Waals surface area contributed by atoms with E-state index in [1.807, 2.05) is 12.1 Å². The molecule has 0 aliphatic rings. The second kappa shape index (κ2) is 6.12. The molecular weight excluding hydrogens is 340 g/mol. The van der Waals surface area contributed by atoms with Gasteiger partial charge in [-0.1, -0.05) is 15.9 Å². The molecule has 1 unspecified atom stereocenters. The normalized spacial score (nSPS) is 13.8. The van der Waals surface area contributed by atoms with E-state index in [4.69, 9.17) is 0 Å². The van der Waals surface area contributed by atoms with Gasteiger partial charge in [-0.2, -0.15) is 0 Å². The smallest absolute Gasteiger partial charge is 0.129 e. The van der Waals surface area contributed by atoms with Crippen molar-refractivity contribution in [2.24, 2.45) is 0 Å². The average molecular weight is 356 g/mol. The molecule has 0 amide bonds. The fraction of sp³-hybridized carbons (Fsp3) is 0.250. The molecule has 0 spiro atoms. The SMILES string of the molecule is Cc1cc(F)c(C(C)(CO)Nc2ccc(Br)cc2)cc1F. The topological polar surface area (TPSA) is 32.3 Å². The van der Waals surface area contributed by atoms with Gasteiger partial charge in [0.05, 0.1) is 12.1 Å². The largest absolute Gasteiger partial charge is 0.394 e. The number of aryl methyl sites for hydroxylation is 1. The molecule has 0 radical (unpaired) electrons. The zero-order valence-electron chi connectivity index (χ0n) is 11.8. The molecule has 0 aliphatic carbocycles. The third-order valence-corrected chi connectivity index (χ3v) is 3.95. The highest BCUT2D eigenvalue weighted by Gasteiger charge is 2.29. The Labute approximate surface area is 130 Å². The van der Waals surface area contributed by atoms with Crippen LogP contribution in [0.4, 0.5) is 14.5 Å². The molecule has 0 fully saturated rings. The molecule has 2 N–H and O–H groups in total. The van der Waals surface area contributed by atoms with Crippen LogP contribution in [0.5, 0.6) is 0 Å². The molecule has 1 atom stereocenters. The zero-order valence-corrected chi connectivity index (χ0v) is 13.3. The highest BCUT2D eigenvalue weighted by Crippen LogP contribution is 2.30. The molecule has 0 bridgehead atoms. The van der Waals surface area contributed by atoms with E-state index in [0.717, 1.165) is 16.6 Å². The molecule has 2 nitrogen and oxygen atoms in total. The minimum atomic E-state index is -1.12. The number of anilines is 1. The quantitative estimate of drug-likeness (QED) is 0.854. The highest BCUT2D eigenvalue weighted by atomic mass is 79.9. The summed E-state index contributed by atoms with van der Waals surface area (Å²) < 4.78 is 28.8. The predicted molar refractivity (Wildman–Crippen MR) is 83.3 cm³/mol. The van der Waals surface area contributed by atoms with Crippen LogP contribution in [0.3, 0.4) is 0 Å². The van der Waals surface area contributed by atoms with Gasteiger partial charge < -0.3 is 10.4 Å². The number of hydrogen-bond donors (Lipinski definition) is 2. The second-order valence-corrected chi connectivity index (χ2v) is 6.12. The number of aliphatic hydroxyl groups is 1. The van der Waals surface area contributed by atoms with Crippen LogP contribution < -0.4 is 5.32 Å². The van der Waals surface area contributed by atoms with Crippen LogP contribution in [0.25, 0.3) is 0 Å². The predicted octanol–water partition coefficient (Wildman–Crippen LogP) is 4.36. The first kappa shape index (κ1) is 15.9. The van der Waals surface area contributed by atoms with Crippen molar-refractivity contribution in [2.45, 2.75) is 19.4 Å². The lowest BCUT2D eigenvalue weighted by atomic mass is 9.91. The standard InChI is InChI=1S/C16H16BrF2NO/c1-10-7-15(19)13(8-14(10)18)16(2,9-21)20-12-5-3-11(17)4-6-12/h3-8,20-21H,9H2,1-2H3. The lowest BCUT2D eigenvalue weighted by molar-refractivity contribution is 0.220.